The first-order valence-corrected chi connectivity index (χ1v) is 7.98. The van der Waals surface area contributed by atoms with Gasteiger partial charge in [0.2, 0.25) is 5.82 Å². The molecule has 1 aromatic carbocycles. The highest BCUT2D eigenvalue weighted by molar-refractivity contribution is 6.37. The lowest BCUT2D eigenvalue weighted by Crippen LogP contribution is -2.30. The molecule has 0 radical (unpaired) electrons. The molecule has 9 heteroatoms. The van der Waals surface area contributed by atoms with Gasteiger partial charge in [0.15, 0.2) is 0 Å². The third kappa shape index (κ3) is 3.85. The molecule has 0 fully saturated rings. The van der Waals surface area contributed by atoms with Crippen LogP contribution in [-0.2, 0) is 11.2 Å². The third-order valence-corrected chi connectivity index (χ3v) is 3.95. The highest BCUT2D eigenvalue weighted by Crippen LogP contribution is 2.28. The fourth-order valence-corrected chi connectivity index (χ4v) is 2.63. The second-order valence-corrected chi connectivity index (χ2v) is 5.87. The quantitative estimate of drug-likeness (QED) is 0.844. The van der Waals surface area contributed by atoms with E-state index >= 15 is 0 Å². The van der Waals surface area contributed by atoms with Gasteiger partial charge in [-0.3, -0.25) is 9.59 Å². The monoisotopic (exact) mass is 370 g/mol. The van der Waals surface area contributed by atoms with Gasteiger partial charge >= 0.3 is 5.97 Å². The van der Waals surface area contributed by atoms with Crippen LogP contribution in [0.4, 0.5) is 0 Å². The molecule has 2 rings (SSSR count). The standard InChI is InChI=1S/C15H16Cl2N4O3/c1-3-11-18-14(15(24)20(2)8-7-12(22)23)19-21(11)13-9(16)5-4-6-10(13)17/h4-6H,3,7-8H2,1-2H3,(H,22,23). The topological polar surface area (TPSA) is 88.3 Å². The van der Waals surface area contributed by atoms with E-state index in [1.54, 1.807) is 18.2 Å². The maximum atomic E-state index is 12.4. The summed E-state index contributed by atoms with van der Waals surface area (Å²) < 4.78 is 1.45. The second-order valence-electron chi connectivity index (χ2n) is 5.06. The van der Waals surface area contributed by atoms with E-state index in [0.717, 1.165) is 0 Å². The van der Waals surface area contributed by atoms with Crippen molar-refractivity contribution in [3.05, 3.63) is 39.9 Å². The van der Waals surface area contributed by atoms with Gasteiger partial charge in [0.05, 0.1) is 16.5 Å². The molecule has 128 valence electrons. The first-order chi connectivity index (χ1) is 11.3. The summed E-state index contributed by atoms with van der Waals surface area (Å²) in [5.74, 6) is -0.950. The Hall–Kier alpha value is -2.12. The zero-order valence-corrected chi connectivity index (χ0v) is 14.7. The van der Waals surface area contributed by atoms with Gasteiger partial charge in [-0.2, -0.15) is 0 Å². The Kier molecular flexibility index (Phi) is 5.80. The Morgan fingerprint density at radius 3 is 2.46 bits per heavy atom. The zero-order valence-electron chi connectivity index (χ0n) is 13.2. The van der Waals surface area contributed by atoms with E-state index in [2.05, 4.69) is 10.1 Å². The first kappa shape index (κ1) is 18.2. The maximum absolute atomic E-state index is 12.4. The number of amides is 1. The summed E-state index contributed by atoms with van der Waals surface area (Å²) in [5.41, 5.74) is 0.456. The summed E-state index contributed by atoms with van der Waals surface area (Å²) in [4.78, 5) is 28.5. The van der Waals surface area contributed by atoms with Gasteiger partial charge in [0, 0.05) is 20.0 Å². The van der Waals surface area contributed by atoms with Crippen LogP contribution in [0, 0.1) is 0 Å². The molecule has 0 bridgehead atoms. The Morgan fingerprint density at radius 2 is 1.92 bits per heavy atom. The van der Waals surface area contributed by atoms with Crippen molar-refractivity contribution in [2.45, 2.75) is 19.8 Å². The molecule has 1 N–H and O–H groups in total. The van der Waals surface area contributed by atoms with Crippen molar-refractivity contribution in [3.8, 4) is 5.69 Å². The summed E-state index contributed by atoms with van der Waals surface area (Å²) in [5, 5.41) is 13.7. The van der Waals surface area contributed by atoms with Gasteiger partial charge in [-0.15, -0.1) is 5.10 Å². The maximum Gasteiger partial charge on any atom is 0.305 e. The summed E-state index contributed by atoms with van der Waals surface area (Å²) in [7, 11) is 1.50. The number of rotatable bonds is 6. The van der Waals surface area contributed by atoms with Crippen molar-refractivity contribution in [2.24, 2.45) is 0 Å². The molecule has 0 spiro atoms. The Labute approximate surface area is 148 Å². The summed E-state index contributed by atoms with van der Waals surface area (Å²) in [6.45, 7) is 1.94. The minimum atomic E-state index is -0.981. The third-order valence-electron chi connectivity index (χ3n) is 3.34. The minimum absolute atomic E-state index is 0.0317. The van der Waals surface area contributed by atoms with Crippen LogP contribution >= 0.6 is 23.2 Å². The largest absolute Gasteiger partial charge is 0.481 e. The van der Waals surface area contributed by atoms with Crippen LogP contribution in [0.5, 0.6) is 0 Å². The average molecular weight is 371 g/mol. The van der Waals surface area contributed by atoms with Gasteiger partial charge in [-0.25, -0.2) is 9.67 Å². The number of carbonyl (C=O) groups is 2. The van der Waals surface area contributed by atoms with Gasteiger partial charge in [-0.1, -0.05) is 36.2 Å². The SMILES string of the molecule is CCc1nc(C(=O)N(C)CCC(=O)O)nn1-c1c(Cl)cccc1Cl. The number of hydrogen-bond acceptors (Lipinski definition) is 4. The van der Waals surface area contributed by atoms with Gasteiger partial charge < -0.3 is 10.0 Å². The fraction of sp³-hybridized carbons (Fsp3) is 0.333. The molecule has 0 aliphatic heterocycles. The van der Waals surface area contributed by atoms with Crippen molar-refractivity contribution in [2.75, 3.05) is 13.6 Å². The predicted molar refractivity (Wildman–Crippen MR) is 90.0 cm³/mol. The number of aromatic nitrogens is 3. The molecule has 24 heavy (non-hydrogen) atoms. The number of aliphatic carboxylic acids is 1. The van der Waals surface area contributed by atoms with Crippen molar-refractivity contribution >= 4 is 35.1 Å². The molecule has 0 atom stereocenters. The lowest BCUT2D eigenvalue weighted by atomic mass is 10.3. The van der Waals surface area contributed by atoms with Crippen LogP contribution in [0.2, 0.25) is 10.0 Å². The molecule has 0 aliphatic carbocycles. The number of halogens is 2. The molecular formula is C15H16Cl2N4O3. The summed E-state index contributed by atoms with van der Waals surface area (Å²) in [6.07, 6.45) is 0.362. The molecule has 0 saturated carbocycles. The van der Waals surface area contributed by atoms with E-state index < -0.39 is 11.9 Å². The molecule has 0 saturated heterocycles. The number of carboxylic acids is 1. The van der Waals surface area contributed by atoms with Gasteiger partial charge in [0.1, 0.15) is 11.5 Å². The van der Waals surface area contributed by atoms with Crippen molar-refractivity contribution < 1.29 is 14.7 Å². The lowest BCUT2D eigenvalue weighted by molar-refractivity contribution is -0.137. The van der Waals surface area contributed by atoms with E-state index in [4.69, 9.17) is 28.3 Å². The fourth-order valence-electron chi connectivity index (χ4n) is 2.07. The molecule has 7 nitrogen and oxygen atoms in total. The number of carbonyl (C=O) groups excluding carboxylic acids is 1. The Morgan fingerprint density at radius 1 is 1.29 bits per heavy atom. The van der Waals surface area contributed by atoms with Crippen LogP contribution in [0.3, 0.4) is 0 Å². The van der Waals surface area contributed by atoms with Crippen LogP contribution < -0.4 is 0 Å². The van der Waals surface area contributed by atoms with E-state index in [1.165, 1.54) is 16.6 Å². The Bertz CT molecular complexity index is 756. The first-order valence-electron chi connectivity index (χ1n) is 7.22. The Balaban J connectivity index is 2.37. The smallest absolute Gasteiger partial charge is 0.305 e. The van der Waals surface area contributed by atoms with E-state index in [0.29, 0.717) is 28.0 Å². The highest BCUT2D eigenvalue weighted by atomic mass is 35.5. The van der Waals surface area contributed by atoms with Crippen molar-refractivity contribution in [3.63, 3.8) is 0 Å². The molecular weight excluding hydrogens is 355 g/mol. The second kappa shape index (κ2) is 7.63. The van der Waals surface area contributed by atoms with E-state index in [1.807, 2.05) is 6.92 Å². The normalized spacial score (nSPS) is 10.7. The van der Waals surface area contributed by atoms with Gasteiger partial charge in [0.25, 0.3) is 5.91 Å². The number of benzene rings is 1. The number of para-hydroxylation sites is 1. The number of nitrogens with zero attached hydrogens (tertiary/aromatic N) is 4. The number of carboxylic acid groups (broad SMARTS) is 1. The minimum Gasteiger partial charge on any atom is -0.481 e. The highest BCUT2D eigenvalue weighted by Gasteiger charge is 2.22. The van der Waals surface area contributed by atoms with E-state index in [9.17, 15) is 9.59 Å². The van der Waals surface area contributed by atoms with Crippen molar-refractivity contribution in [1.29, 1.82) is 0 Å². The molecule has 2 aromatic rings. The summed E-state index contributed by atoms with van der Waals surface area (Å²) in [6, 6.07) is 5.05. The molecule has 1 amide bonds. The van der Waals surface area contributed by atoms with Crippen LogP contribution in [0.15, 0.2) is 18.2 Å². The van der Waals surface area contributed by atoms with Crippen LogP contribution in [0.25, 0.3) is 5.69 Å². The molecule has 1 aromatic heterocycles. The zero-order chi connectivity index (χ0) is 17.9. The lowest BCUT2D eigenvalue weighted by Gasteiger charge is -2.13. The average Bonchev–Trinajstić information content (AvgIpc) is 2.95. The van der Waals surface area contributed by atoms with Crippen molar-refractivity contribution in [1.82, 2.24) is 19.7 Å². The van der Waals surface area contributed by atoms with Gasteiger partial charge in [-0.05, 0) is 12.1 Å². The van der Waals surface area contributed by atoms with Crippen LogP contribution in [0.1, 0.15) is 29.8 Å². The number of hydrogen-bond donors (Lipinski definition) is 1. The predicted octanol–water partition coefficient (Wildman–Crippen LogP) is 2.68. The molecule has 0 unspecified atom stereocenters. The van der Waals surface area contributed by atoms with Crippen LogP contribution in [-0.4, -0.2) is 50.2 Å². The molecule has 1 heterocycles. The molecule has 0 aliphatic rings. The van der Waals surface area contributed by atoms with E-state index in [-0.39, 0.29) is 18.8 Å². The number of aryl methyl sites for hydroxylation is 1. The summed E-state index contributed by atoms with van der Waals surface area (Å²) >= 11 is 12.4.